The van der Waals surface area contributed by atoms with Gasteiger partial charge in [0.15, 0.2) is 16.6 Å². The van der Waals surface area contributed by atoms with E-state index in [1.54, 1.807) is 42.5 Å². The van der Waals surface area contributed by atoms with Gasteiger partial charge in [0.1, 0.15) is 17.3 Å². The lowest BCUT2D eigenvalue weighted by atomic mass is 9.95. The molecule has 10 heteroatoms. The van der Waals surface area contributed by atoms with E-state index < -0.39 is 23.5 Å². The first-order valence-corrected chi connectivity index (χ1v) is 13.0. The number of aliphatic hydroxyl groups excluding tert-OH is 1. The van der Waals surface area contributed by atoms with Gasteiger partial charge in [0, 0.05) is 5.56 Å². The number of amides is 1. The second-order valence-electron chi connectivity index (χ2n) is 8.76. The Bertz CT molecular complexity index is 1600. The van der Waals surface area contributed by atoms with Crippen molar-refractivity contribution in [1.29, 1.82) is 0 Å². The van der Waals surface area contributed by atoms with E-state index in [4.69, 9.17) is 14.2 Å². The van der Waals surface area contributed by atoms with Crippen LogP contribution in [0.25, 0.3) is 16.0 Å². The molecule has 3 aromatic carbocycles. The van der Waals surface area contributed by atoms with E-state index >= 15 is 0 Å². The maximum Gasteiger partial charge on any atom is 0.301 e. The molecule has 1 fully saturated rings. The molecule has 8 nitrogen and oxygen atoms in total. The number of benzene rings is 3. The lowest BCUT2D eigenvalue weighted by molar-refractivity contribution is -0.132. The Morgan fingerprint density at radius 3 is 2.46 bits per heavy atom. The van der Waals surface area contributed by atoms with E-state index in [2.05, 4.69) is 4.98 Å². The predicted molar refractivity (Wildman–Crippen MR) is 146 cm³/mol. The summed E-state index contributed by atoms with van der Waals surface area (Å²) < 4.78 is 30.8. The summed E-state index contributed by atoms with van der Waals surface area (Å²) in [6, 6.07) is 14.7. The number of Topliss-reactive ketones (excluding diaryl/α,β-unsaturated/α-hetero) is 1. The van der Waals surface area contributed by atoms with Crippen LogP contribution in [0.2, 0.25) is 0 Å². The van der Waals surface area contributed by atoms with Gasteiger partial charge in [0.05, 0.1) is 42.7 Å². The van der Waals surface area contributed by atoms with Gasteiger partial charge < -0.3 is 19.3 Å². The third kappa shape index (κ3) is 4.79. The Hall–Kier alpha value is -4.44. The number of nitrogens with zero attached hydrogens (tertiary/aromatic N) is 2. The molecule has 1 saturated heterocycles. The largest absolute Gasteiger partial charge is 0.507 e. The molecule has 1 aromatic heterocycles. The number of aliphatic hydroxyl groups is 1. The van der Waals surface area contributed by atoms with Gasteiger partial charge in [0.2, 0.25) is 0 Å². The highest BCUT2D eigenvalue weighted by atomic mass is 32.1. The maximum absolute atomic E-state index is 13.9. The molecule has 0 radical (unpaired) electrons. The summed E-state index contributed by atoms with van der Waals surface area (Å²) in [5.74, 6) is -1.07. The number of rotatable bonds is 8. The van der Waals surface area contributed by atoms with Gasteiger partial charge in [0.25, 0.3) is 5.78 Å². The molecule has 0 spiro atoms. The number of ether oxygens (including phenoxy) is 3. The number of fused-ring (bicyclic) bond motifs is 1. The molecule has 2 heterocycles. The number of methoxy groups -OCH3 is 2. The first kappa shape index (κ1) is 26.2. The number of ketones is 1. The van der Waals surface area contributed by atoms with E-state index in [9.17, 15) is 19.1 Å². The van der Waals surface area contributed by atoms with Crippen LogP contribution in [-0.4, -0.2) is 42.6 Å². The fourth-order valence-electron chi connectivity index (χ4n) is 4.44. The molecule has 5 rings (SSSR count). The highest BCUT2D eigenvalue weighted by Crippen LogP contribution is 2.46. The van der Waals surface area contributed by atoms with Crippen LogP contribution in [0.1, 0.15) is 30.5 Å². The normalized spacial score (nSPS) is 16.6. The highest BCUT2D eigenvalue weighted by molar-refractivity contribution is 7.22. The van der Waals surface area contributed by atoms with Crippen LogP contribution in [-0.2, 0) is 9.59 Å². The maximum atomic E-state index is 13.9. The van der Waals surface area contributed by atoms with Crippen LogP contribution in [0.4, 0.5) is 9.52 Å². The number of carbonyl (C=O) groups is 2. The smallest absolute Gasteiger partial charge is 0.301 e. The highest BCUT2D eigenvalue weighted by Gasteiger charge is 2.48. The third-order valence-electron chi connectivity index (χ3n) is 6.31. The van der Waals surface area contributed by atoms with E-state index in [1.807, 2.05) is 6.92 Å². The van der Waals surface area contributed by atoms with Gasteiger partial charge in [-0.1, -0.05) is 24.3 Å². The number of hydrogen-bond donors (Lipinski definition) is 1. The Balaban J connectivity index is 1.68. The van der Waals surface area contributed by atoms with Crippen molar-refractivity contribution in [3.8, 4) is 17.2 Å². The van der Waals surface area contributed by atoms with E-state index in [-0.39, 0.29) is 16.5 Å². The number of carbonyl (C=O) groups excluding carboxylic acids is 2. The van der Waals surface area contributed by atoms with Crippen molar-refractivity contribution >= 4 is 44.1 Å². The van der Waals surface area contributed by atoms with E-state index in [1.165, 1.54) is 37.3 Å². The number of aromatic nitrogens is 1. The minimum atomic E-state index is -1.04. The molecule has 1 unspecified atom stereocenters. The van der Waals surface area contributed by atoms with Gasteiger partial charge >= 0.3 is 5.91 Å². The zero-order chi connectivity index (χ0) is 27.7. The number of halogens is 1. The molecule has 1 atom stereocenters. The summed E-state index contributed by atoms with van der Waals surface area (Å²) in [7, 11) is 2.97. The summed E-state index contributed by atoms with van der Waals surface area (Å²) in [6.45, 7) is 2.54. The second-order valence-corrected chi connectivity index (χ2v) is 9.77. The van der Waals surface area contributed by atoms with Crippen LogP contribution >= 0.6 is 11.3 Å². The molecule has 1 aliphatic rings. The van der Waals surface area contributed by atoms with Gasteiger partial charge in [-0.2, -0.15) is 0 Å². The van der Waals surface area contributed by atoms with Crippen LogP contribution in [0.15, 0.2) is 66.2 Å². The SMILES string of the molecule is CCCOc1ccc(/C(O)=C2\C(=O)C(=O)N(c3nc4ccc(F)cc4s3)C2c2ccc(OC)c(OC)c2)cc1. The first-order chi connectivity index (χ1) is 18.9. The first-order valence-electron chi connectivity index (χ1n) is 12.2. The summed E-state index contributed by atoms with van der Waals surface area (Å²) in [4.78, 5) is 32.7. The summed E-state index contributed by atoms with van der Waals surface area (Å²) in [5.41, 5.74) is 1.20. The van der Waals surface area contributed by atoms with E-state index in [0.717, 1.165) is 17.8 Å². The monoisotopic (exact) mass is 548 g/mol. The van der Waals surface area contributed by atoms with Crippen molar-refractivity contribution in [1.82, 2.24) is 4.98 Å². The summed E-state index contributed by atoms with van der Waals surface area (Å²) in [6.07, 6.45) is 0.842. The standard InChI is InChI=1S/C29H25FN2O6S/c1-4-13-38-19-9-5-16(6-10-19)26(33)24-25(17-7-12-21(36-2)22(14-17)37-3)32(28(35)27(24)34)29-31-20-11-8-18(30)15-23(20)39-29/h5-12,14-15,25,33H,4,13H2,1-3H3/b26-24+. The fourth-order valence-corrected chi connectivity index (χ4v) is 5.46. The third-order valence-corrected chi connectivity index (χ3v) is 7.33. The van der Waals surface area contributed by atoms with Crippen LogP contribution in [0.5, 0.6) is 17.2 Å². The number of hydrogen-bond acceptors (Lipinski definition) is 8. The number of thiazole rings is 1. The minimum Gasteiger partial charge on any atom is -0.507 e. The molecular weight excluding hydrogens is 523 g/mol. The molecule has 39 heavy (non-hydrogen) atoms. The predicted octanol–water partition coefficient (Wildman–Crippen LogP) is 5.87. The zero-order valence-corrected chi connectivity index (χ0v) is 22.3. The molecule has 1 N–H and O–H groups in total. The Labute approximate surface area is 227 Å². The van der Waals surface area contributed by atoms with Crippen molar-refractivity contribution in [3.63, 3.8) is 0 Å². The number of anilines is 1. The Morgan fingerprint density at radius 1 is 1.03 bits per heavy atom. The molecule has 1 amide bonds. The van der Waals surface area contributed by atoms with Crippen LogP contribution in [0, 0.1) is 5.82 Å². The quantitative estimate of drug-likeness (QED) is 0.167. The topological polar surface area (TPSA) is 98.2 Å². The molecule has 0 bridgehead atoms. The second kappa shape index (κ2) is 10.7. The van der Waals surface area contributed by atoms with Crippen molar-refractivity contribution in [2.45, 2.75) is 19.4 Å². The lowest BCUT2D eigenvalue weighted by Crippen LogP contribution is -2.29. The molecular formula is C29H25FN2O6S. The van der Waals surface area contributed by atoms with Gasteiger partial charge in [-0.3, -0.25) is 14.5 Å². The van der Waals surface area contributed by atoms with Crippen molar-refractivity contribution in [2.75, 3.05) is 25.7 Å². The zero-order valence-electron chi connectivity index (χ0n) is 21.4. The van der Waals surface area contributed by atoms with Crippen molar-refractivity contribution in [2.24, 2.45) is 0 Å². The van der Waals surface area contributed by atoms with Crippen molar-refractivity contribution in [3.05, 3.63) is 83.2 Å². The lowest BCUT2D eigenvalue weighted by Gasteiger charge is -2.23. The average Bonchev–Trinajstić information content (AvgIpc) is 3.48. The molecule has 0 saturated carbocycles. The molecule has 4 aromatic rings. The molecule has 1 aliphatic heterocycles. The summed E-state index contributed by atoms with van der Waals surface area (Å²) >= 11 is 1.07. The minimum absolute atomic E-state index is 0.111. The van der Waals surface area contributed by atoms with E-state index in [0.29, 0.717) is 45.2 Å². The molecule has 0 aliphatic carbocycles. The van der Waals surface area contributed by atoms with Gasteiger partial charge in [-0.15, -0.1) is 0 Å². The average molecular weight is 549 g/mol. The van der Waals surface area contributed by atoms with Crippen LogP contribution < -0.4 is 19.1 Å². The Morgan fingerprint density at radius 2 is 1.77 bits per heavy atom. The van der Waals surface area contributed by atoms with Gasteiger partial charge in [-0.25, -0.2) is 9.37 Å². The van der Waals surface area contributed by atoms with Crippen LogP contribution in [0.3, 0.4) is 0 Å². The fraction of sp³-hybridized carbons (Fsp3) is 0.207. The van der Waals surface area contributed by atoms with Gasteiger partial charge in [-0.05, 0) is 66.6 Å². The Kier molecular flexibility index (Phi) is 7.21. The summed E-state index contributed by atoms with van der Waals surface area (Å²) in [5, 5.41) is 11.6. The van der Waals surface area contributed by atoms with Crippen molar-refractivity contribution < 1.29 is 33.3 Å². The molecule has 200 valence electrons.